The predicted octanol–water partition coefficient (Wildman–Crippen LogP) is 3.54. The van der Waals surface area contributed by atoms with Crippen molar-refractivity contribution >= 4 is 54.9 Å². The summed E-state index contributed by atoms with van der Waals surface area (Å²) in [5.74, 6) is 0.401. The van der Waals surface area contributed by atoms with Crippen LogP contribution in [0.4, 0.5) is 5.69 Å². The molecule has 2 N–H and O–H groups in total. The molecule has 7 heteroatoms. The number of anilines is 1. The molecule has 3 rings (SSSR count). The van der Waals surface area contributed by atoms with Gasteiger partial charge >= 0.3 is 0 Å². The van der Waals surface area contributed by atoms with E-state index in [2.05, 4.69) is 20.9 Å². The van der Waals surface area contributed by atoms with Crippen molar-refractivity contribution in [2.24, 2.45) is 0 Å². The fourth-order valence-corrected chi connectivity index (χ4v) is 4.31. The second-order valence-electron chi connectivity index (χ2n) is 3.93. The molecule has 4 nitrogen and oxygen atoms in total. The van der Waals surface area contributed by atoms with Gasteiger partial charge in [-0.1, -0.05) is 0 Å². The summed E-state index contributed by atoms with van der Waals surface area (Å²) in [6, 6.07) is 7.14. The first kappa shape index (κ1) is 12.8. The normalized spacial score (nSPS) is 12.9. The lowest BCUT2D eigenvalue weighted by Crippen LogP contribution is -1.94. The number of nitrogen functional groups attached to an aromatic ring is 1. The quantitative estimate of drug-likeness (QED) is 0.728. The van der Waals surface area contributed by atoms with E-state index in [1.54, 1.807) is 29.5 Å². The number of aromatic nitrogens is 1. The number of thiophene rings is 1. The Morgan fingerprint density at radius 3 is 3.00 bits per heavy atom. The monoisotopic (exact) mass is 356 g/mol. The summed E-state index contributed by atoms with van der Waals surface area (Å²) in [5, 5.41) is 2.20. The summed E-state index contributed by atoms with van der Waals surface area (Å²) >= 11 is 4.93. The minimum Gasteiger partial charge on any atom is -0.430 e. The van der Waals surface area contributed by atoms with Crippen molar-refractivity contribution < 1.29 is 8.63 Å². The molecule has 0 amide bonds. The molecule has 1 aromatic carbocycles. The molecule has 0 saturated carbocycles. The van der Waals surface area contributed by atoms with Gasteiger partial charge in [0.1, 0.15) is 16.3 Å². The van der Waals surface area contributed by atoms with Crippen molar-refractivity contribution in [3.63, 3.8) is 0 Å². The van der Waals surface area contributed by atoms with E-state index in [0.717, 1.165) is 9.35 Å². The highest BCUT2D eigenvalue weighted by Crippen LogP contribution is 2.25. The van der Waals surface area contributed by atoms with Crippen molar-refractivity contribution in [1.82, 2.24) is 4.98 Å². The molecule has 0 fully saturated rings. The molecule has 1 atom stereocenters. The van der Waals surface area contributed by atoms with Gasteiger partial charge in [0.15, 0.2) is 5.58 Å². The predicted molar refractivity (Wildman–Crippen MR) is 80.6 cm³/mol. The van der Waals surface area contributed by atoms with Crippen molar-refractivity contribution in [3.8, 4) is 0 Å². The first-order valence-corrected chi connectivity index (χ1v) is 8.38. The van der Waals surface area contributed by atoms with Gasteiger partial charge in [-0.25, -0.2) is 9.19 Å². The second-order valence-corrected chi connectivity index (χ2v) is 7.17. The van der Waals surface area contributed by atoms with E-state index in [1.807, 2.05) is 11.4 Å². The van der Waals surface area contributed by atoms with Gasteiger partial charge in [0, 0.05) is 26.5 Å². The molecule has 0 bridgehead atoms. The van der Waals surface area contributed by atoms with E-state index in [1.165, 1.54) is 0 Å². The fraction of sp³-hybridized carbons (Fsp3) is 0.0833. The van der Waals surface area contributed by atoms with Crippen LogP contribution in [-0.2, 0) is 16.6 Å². The Bertz CT molecular complexity index is 766. The lowest BCUT2D eigenvalue weighted by molar-refractivity contribution is 0.477. The Hall–Kier alpha value is -1.18. The van der Waals surface area contributed by atoms with Crippen LogP contribution < -0.4 is 5.73 Å². The summed E-state index contributed by atoms with van der Waals surface area (Å²) in [5.41, 5.74) is 7.51. The number of hydrogen-bond acceptors (Lipinski definition) is 5. The van der Waals surface area contributed by atoms with Crippen molar-refractivity contribution in [2.45, 2.75) is 11.0 Å². The minimum absolute atomic E-state index is 0.241. The van der Waals surface area contributed by atoms with Gasteiger partial charge < -0.3 is 10.2 Å². The standard InChI is InChI=1S/C12H9BrN2O2S2/c13-7-3-9(18-5-7)6-19(16)12-15-10-2-1-8(14)4-11(10)17-12/h1-5H,6,14H2. The van der Waals surface area contributed by atoms with E-state index < -0.39 is 10.8 Å². The van der Waals surface area contributed by atoms with Crippen molar-refractivity contribution in [3.05, 3.63) is 39.0 Å². The van der Waals surface area contributed by atoms with Gasteiger partial charge in [-0.2, -0.15) is 0 Å². The summed E-state index contributed by atoms with van der Waals surface area (Å²) in [6.07, 6.45) is 0. The summed E-state index contributed by atoms with van der Waals surface area (Å²) in [7, 11) is -1.29. The van der Waals surface area contributed by atoms with Gasteiger partial charge in [-0.15, -0.1) is 11.3 Å². The summed E-state index contributed by atoms with van der Waals surface area (Å²) in [6.45, 7) is 0. The molecule has 0 saturated heterocycles. The zero-order valence-corrected chi connectivity index (χ0v) is 12.8. The fourth-order valence-electron chi connectivity index (χ4n) is 1.64. The van der Waals surface area contributed by atoms with Crippen LogP contribution in [0, 0.1) is 0 Å². The Morgan fingerprint density at radius 2 is 2.26 bits per heavy atom. The number of benzene rings is 1. The Morgan fingerprint density at radius 1 is 1.42 bits per heavy atom. The zero-order valence-electron chi connectivity index (χ0n) is 9.63. The van der Waals surface area contributed by atoms with Crippen LogP contribution in [0.3, 0.4) is 0 Å². The van der Waals surface area contributed by atoms with Crippen LogP contribution >= 0.6 is 27.3 Å². The molecule has 2 aromatic heterocycles. The number of rotatable bonds is 3. The number of nitrogens with zero attached hydrogens (tertiary/aromatic N) is 1. The van der Waals surface area contributed by atoms with Gasteiger partial charge in [-0.3, -0.25) is 0 Å². The second kappa shape index (κ2) is 5.07. The molecule has 0 spiro atoms. The Balaban J connectivity index is 1.89. The van der Waals surface area contributed by atoms with E-state index in [0.29, 0.717) is 22.5 Å². The number of oxazole rings is 1. The molecule has 3 aromatic rings. The molecular formula is C12H9BrN2O2S2. The van der Waals surface area contributed by atoms with Crippen LogP contribution in [0.1, 0.15) is 4.88 Å². The van der Waals surface area contributed by atoms with Crippen molar-refractivity contribution in [2.75, 3.05) is 5.73 Å². The number of nitrogens with two attached hydrogens (primary N) is 1. The average molecular weight is 357 g/mol. The number of halogens is 1. The van der Waals surface area contributed by atoms with Gasteiger partial charge in [0.05, 0.1) is 5.75 Å². The first-order chi connectivity index (χ1) is 9.11. The number of fused-ring (bicyclic) bond motifs is 1. The highest BCUT2D eigenvalue weighted by atomic mass is 79.9. The Labute approximate surface area is 124 Å². The lowest BCUT2D eigenvalue weighted by atomic mass is 10.3. The molecule has 0 aliphatic rings. The molecule has 98 valence electrons. The molecule has 19 heavy (non-hydrogen) atoms. The molecule has 1 unspecified atom stereocenters. The maximum atomic E-state index is 12.2. The Kier molecular flexibility index (Phi) is 3.42. The van der Waals surface area contributed by atoms with Crippen LogP contribution in [0.15, 0.2) is 43.8 Å². The molecular weight excluding hydrogens is 348 g/mol. The maximum Gasteiger partial charge on any atom is 0.288 e. The van der Waals surface area contributed by atoms with Crippen LogP contribution in [0.5, 0.6) is 0 Å². The van der Waals surface area contributed by atoms with Crippen LogP contribution in [0.2, 0.25) is 0 Å². The largest absolute Gasteiger partial charge is 0.430 e. The van der Waals surface area contributed by atoms with E-state index >= 15 is 0 Å². The average Bonchev–Trinajstić information content (AvgIpc) is 2.95. The molecule has 2 heterocycles. The van der Waals surface area contributed by atoms with Crippen molar-refractivity contribution in [1.29, 1.82) is 0 Å². The first-order valence-electron chi connectivity index (χ1n) is 5.39. The molecule has 0 aliphatic heterocycles. The third-order valence-electron chi connectivity index (χ3n) is 2.48. The zero-order chi connectivity index (χ0) is 13.4. The topological polar surface area (TPSA) is 69.1 Å². The van der Waals surface area contributed by atoms with E-state index in [4.69, 9.17) is 10.2 Å². The highest BCUT2D eigenvalue weighted by Gasteiger charge is 2.14. The number of hydrogen-bond donors (Lipinski definition) is 1. The third kappa shape index (κ3) is 2.72. The van der Waals surface area contributed by atoms with E-state index in [9.17, 15) is 4.21 Å². The maximum absolute atomic E-state index is 12.2. The minimum atomic E-state index is -1.29. The summed E-state index contributed by atoms with van der Waals surface area (Å²) < 4.78 is 18.7. The third-order valence-corrected chi connectivity index (χ3v) is 5.50. The van der Waals surface area contributed by atoms with Gasteiger partial charge in [0.25, 0.3) is 5.22 Å². The molecule has 0 radical (unpaired) electrons. The van der Waals surface area contributed by atoms with Gasteiger partial charge in [-0.05, 0) is 34.1 Å². The highest BCUT2D eigenvalue weighted by molar-refractivity contribution is 9.10. The SMILES string of the molecule is Nc1ccc2nc(S(=O)Cc3cc(Br)cs3)oc2c1. The molecule has 0 aliphatic carbocycles. The van der Waals surface area contributed by atoms with Crippen LogP contribution in [-0.4, -0.2) is 9.19 Å². The summed E-state index contributed by atoms with van der Waals surface area (Å²) in [4.78, 5) is 5.25. The lowest BCUT2D eigenvalue weighted by Gasteiger charge is -1.93. The van der Waals surface area contributed by atoms with Gasteiger partial charge in [0.2, 0.25) is 0 Å². The van der Waals surface area contributed by atoms with E-state index in [-0.39, 0.29) is 5.22 Å². The van der Waals surface area contributed by atoms with Crippen LogP contribution in [0.25, 0.3) is 11.1 Å². The smallest absolute Gasteiger partial charge is 0.288 e.